The molecule has 0 bridgehead atoms. The van der Waals surface area contributed by atoms with E-state index in [0.717, 1.165) is 22.6 Å². The van der Waals surface area contributed by atoms with E-state index in [1.165, 1.54) is 6.07 Å². The quantitative estimate of drug-likeness (QED) is 0.473. The first-order valence-corrected chi connectivity index (χ1v) is 10.5. The molecular weight excluding hydrogens is 408 g/mol. The van der Waals surface area contributed by atoms with E-state index in [9.17, 15) is 14.9 Å². The molecule has 0 saturated carbocycles. The number of nitrogens with zero attached hydrogens (tertiary/aromatic N) is 5. The van der Waals surface area contributed by atoms with Crippen LogP contribution in [0.5, 0.6) is 0 Å². The van der Waals surface area contributed by atoms with Gasteiger partial charge in [-0.05, 0) is 32.0 Å². The average Bonchev–Trinajstić information content (AvgIpc) is 3.14. The fourth-order valence-electron chi connectivity index (χ4n) is 3.82. The number of carbonyl (C=O) groups excluding carboxylic acids is 1. The largest absolute Gasteiger partial charge is 0.369 e. The van der Waals surface area contributed by atoms with Gasteiger partial charge in [-0.25, -0.2) is 4.68 Å². The molecule has 0 unspecified atom stereocenters. The normalized spacial score (nSPS) is 14.4. The lowest BCUT2D eigenvalue weighted by Gasteiger charge is -2.35. The van der Waals surface area contributed by atoms with Gasteiger partial charge in [0.25, 0.3) is 5.69 Å². The van der Waals surface area contributed by atoms with E-state index < -0.39 is 0 Å². The molecule has 1 saturated heterocycles. The Labute approximate surface area is 186 Å². The Morgan fingerprint density at radius 3 is 2.44 bits per heavy atom. The van der Waals surface area contributed by atoms with Crippen molar-refractivity contribution in [2.45, 2.75) is 13.8 Å². The molecule has 1 fully saturated rings. The van der Waals surface area contributed by atoms with E-state index in [-0.39, 0.29) is 23.1 Å². The molecule has 1 aliphatic heterocycles. The molecule has 1 aliphatic rings. The minimum absolute atomic E-state index is 0.0878. The number of hydrogen-bond acceptors (Lipinski definition) is 6. The maximum absolute atomic E-state index is 12.7. The Morgan fingerprint density at radius 1 is 1.03 bits per heavy atom. The average molecular weight is 435 g/mol. The summed E-state index contributed by atoms with van der Waals surface area (Å²) in [6.45, 7) is 7.01. The van der Waals surface area contributed by atoms with Gasteiger partial charge in [0.05, 0.1) is 22.8 Å². The molecule has 0 spiro atoms. The fraction of sp³-hybridized carbons (Fsp3) is 0.304. The zero-order valence-electron chi connectivity index (χ0n) is 18.2. The zero-order chi connectivity index (χ0) is 22.7. The van der Waals surface area contributed by atoms with Crippen molar-refractivity contribution < 1.29 is 9.72 Å². The van der Waals surface area contributed by atoms with Crippen LogP contribution in [0.4, 0.5) is 17.2 Å². The third kappa shape index (κ3) is 4.94. The Kier molecular flexibility index (Phi) is 6.18. The van der Waals surface area contributed by atoms with Gasteiger partial charge in [-0.3, -0.25) is 19.8 Å². The number of nitrogens with one attached hydrogen (secondary N) is 1. The summed E-state index contributed by atoms with van der Waals surface area (Å²) in [5.41, 5.74) is 3.80. The first-order chi connectivity index (χ1) is 15.4. The SMILES string of the molecule is Cc1ccc(-n2nc(C)cc2NC(=O)CN2CCN(c3cccc([N+](=O)[O-])c3)CC2)cc1. The molecule has 9 nitrogen and oxygen atoms in total. The second kappa shape index (κ2) is 9.19. The number of anilines is 2. The van der Waals surface area contributed by atoms with E-state index in [1.54, 1.807) is 16.8 Å². The van der Waals surface area contributed by atoms with Crippen LogP contribution in [0, 0.1) is 24.0 Å². The number of carbonyl (C=O) groups is 1. The van der Waals surface area contributed by atoms with E-state index in [2.05, 4.69) is 20.2 Å². The van der Waals surface area contributed by atoms with Crippen molar-refractivity contribution in [1.82, 2.24) is 14.7 Å². The third-order valence-electron chi connectivity index (χ3n) is 5.52. The van der Waals surface area contributed by atoms with Crippen LogP contribution in [0.2, 0.25) is 0 Å². The van der Waals surface area contributed by atoms with Gasteiger partial charge in [0, 0.05) is 50.1 Å². The second-order valence-corrected chi connectivity index (χ2v) is 8.01. The van der Waals surface area contributed by atoms with Crippen LogP contribution in [-0.2, 0) is 4.79 Å². The van der Waals surface area contributed by atoms with E-state index in [4.69, 9.17) is 0 Å². The van der Waals surface area contributed by atoms with Gasteiger partial charge in [0.15, 0.2) is 0 Å². The van der Waals surface area contributed by atoms with Crippen molar-refractivity contribution in [3.05, 3.63) is 76.0 Å². The number of rotatable bonds is 6. The van der Waals surface area contributed by atoms with Gasteiger partial charge in [0.1, 0.15) is 5.82 Å². The van der Waals surface area contributed by atoms with Crippen molar-refractivity contribution >= 4 is 23.1 Å². The van der Waals surface area contributed by atoms with Crippen molar-refractivity contribution in [3.63, 3.8) is 0 Å². The molecule has 4 rings (SSSR count). The predicted molar refractivity (Wildman–Crippen MR) is 123 cm³/mol. The van der Waals surface area contributed by atoms with Crippen LogP contribution < -0.4 is 10.2 Å². The molecule has 9 heteroatoms. The van der Waals surface area contributed by atoms with Gasteiger partial charge in [0.2, 0.25) is 5.91 Å². The molecule has 0 atom stereocenters. The van der Waals surface area contributed by atoms with Crippen molar-refractivity contribution in [2.75, 3.05) is 42.9 Å². The molecule has 1 N–H and O–H groups in total. The maximum Gasteiger partial charge on any atom is 0.271 e. The highest BCUT2D eigenvalue weighted by molar-refractivity contribution is 5.91. The maximum atomic E-state index is 12.7. The monoisotopic (exact) mass is 434 g/mol. The molecule has 166 valence electrons. The summed E-state index contributed by atoms with van der Waals surface area (Å²) in [4.78, 5) is 27.5. The molecule has 32 heavy (non-hydrogen) atoms. The number of hydrogen-bond donors (Lipinski definition) is 1. The highest BCUT2D eigenvalue weighted by atomic mass is 16.6. The predicted octanol–water partition coefficient (Wildman–Crippen LogP) is 3.16. The molecular formula is C23H26N6O3. The van der Waals surface area contributed by atoms with Crippen LogP contribution in [-0.4, -0.2) is 58.2 Å². The highest BCUT2D eigenvalue weighted by Crippen LogP contribution is 2.22. The smallest absolute Gasteiger partial charge is 0.271 e. The van der Waals surface area contributed by atoms with Gasteiger partial charge >= 0.3 is 0 Å². The van der Waals surface area contributed by atoms with Crippen LogP contribution in [0.3, 0.4) is 0 Å². The number of amides is 1. The number of non-ortho nitro benzene ring substituents is 1. The lowest BCUT2D eigenvalue weighted by molar-refractivity contribution is -0.384. The van der Waals surface area contributed by atoms with E-state index in [1.807, 2.05) is 50.2 Å². The van der Waals surface area contributed by atoms with Gasteiger partial charge in [-0.2, -0.15) is 5.10 Å². The van der Waals surface area contributed by atoms with Gasteiger partial charge < -0.3 is 10.2 Å². The summed E-state index contributed by atoms with van der Waals surface area (Å²) in [5.74, 6) is 0.550. The highest BCUT2D eigenvalue weighted by Gasteiger charge is 2.21. The Morgan fingerprint density at radius 2 is 1.75 bits per heavy atom. The van der Waals surface area contributed by atoms with Crippen LogP contribution in [0.15, 0.2) is 54.6 Å². The van der Waals surface area contributed by atoms with Crippen LogP contribution >= 0.6 is 0 Å². The Bertz CT molecular complexity index is 1120. The molecule has 1 aromatic heterocycles. The first kappa shape index (κ1) is 21.5. The van der Waals surface area contributed by atoms with Crippen molar-refractivity contribution in [3.8, 4) is 5.69 Å². The summed E-state index contributed by atoms with van der Waals surface area (Å²) in [7, 11) is 0. The summed E-state index contributed by atoms with van der Waals surface area (Å²) >= 11 is 0. The number of aryl methyl sites for hydroxylation is 2. The molecule has 2 heterocycles. The van der Waals surface area contributed by atoms with Crippen molar-refractivity contribution in [1.29, 1.82) is 0 Å². The minimum atomic E-state index is -0.382. The lowest BCUT2D eigenvalue weighted by Crippen LogP contribution is -2.48. The van der Waals surface area contributed by atoms with Gasteiger partial charge in [-0.1, -0.05) is 23.8 Å². The van der Waals surface area contributed by atoms with Crippen LogP contribution in [0.1, 0.15) is 11.3 Å². The molecule has 3 aromatic rings. The van der Waals surface area contributed by atoms with Crippen LogP contribution in [0.25, 0.3) is 5.69 Å². The Balaban J connectivity index is 1.35. The molecule has 2 aromatic carbocycles. The summed E-state index contributed by atoms with van der Waals surface area (Å²) in [6, 6.07) is 16.5. The lowest BCUT2D eigenvalue weighted by atomic mass is 10.2. The van der Waals surface area contributed by atoms with Gasteiger partial charge in [-0.15, -0.1) is 0 Å². The number of piperazine rings is 1. The third-order valence-corrected chi connectivity index (χ3v) is 5.52. The number of benzene rings is 2. The van der Waals surface area contributed by atoms with Crippen molar-refractivity contribution in [2.24, 2.45) is 0 Å². The summed E-state index contributed by atoms with van der Waals surface area (Å²) in [5, 5.41) is 18.5. The minimum Gasteiger partial charge on any atom is -0.369 e. The number of nitro benzene ring substituents is 1. The van der Waals surface area contributed by atoms with E-state index in [0.29, 0.717) is 32.0 Å². The standard InChI is InChI=1S/C23H26N6O3/c1-17-6-8-19(9-7-17)28-22(14-18(2)25-28)24-23(30)16-26-10-12-27(13-11-26)20-4-3-5-21(15-20)29(31)32/h3-9,14-15H,10-13,16H2,1-2H3,(H,24,30). The molecule has 0 radical (unpaired) electrons. The molecule has 0 aliphatic carbocycles. The number of nitro groups is 1. The molecule has 1 amide bonds. The summed E-state index contributed by atoms with van der Waals surface area (Å²) in [6.07, 6.45) is 0. The zero-order valence-corrected chi connectivity index (χ0v) is 18.2. The number of aromatic nitrogens is 2. The summed E-state index contributed by atoms with van der Waals surface area (Å²) < 4.78 is 1.74. The Hall–Kier alpha value is -3.72. The van der Waals surface area contributed by atoms with E-state index >= 15 is 0 Å². The topological polar surface area (TPSA) is 96.5 Å². The fourth-order valence-corrected chi connectivity index (χ4v) is 3.82. The first-order valence-electron chi connectivity index (χ1n) is 10.5. The second-order valence-electron chi connectivity index (χ2n) is 8.01.